The Morgan fingerprint density at radius 2 is 2.07 bits per heavy atom. The summed E-state index contributed by atoms with van der Waals surface area (Å²) in [5.74, 6) is 1.16. The first-order valence-corrected chi connectivity index (χ1v) is 10.9. The van der Waals surface area contributed by atoms with E-state index in [-0.39, 0.29) is 11.9 Å². The molecule has 0 bridgehead atoms. The number of fused-ring (bicyclic) bond motifs is 1. The molecule has 0 radical (unpaired) electrons. The average molecular weight is 423 g/mol. The number of carbonyl (C=O) groups excluding carboxylic acids is 1. The molecule has 0 saturated carbocycles. The fraction of sp³-hybridized carbons (Fsp3) is 0.304. The molecule has 0 spiro atoms. The van der Waals surface area contributed by atoms with E-state index in [1.165, 1.54) is 11.3 Å². The number of nitrogens with one attached hydrogen (secondary N) is 2. The number of thiazole rings is 1. The maximum Gasteiger partial charge on any atom is 0.249 e. The lowest BCUT2D eigenvalue weighted by Gasteiger charge is -2.19. The summed E-state index contributed by atoms with van der Waals surface area (Å²) in [5.41, 5.74) is 3.94. The lowest BCUT2D eigenvalue weighted by atomic mass is 10.0. The maximum absolute atomic E-state index is 13.0. The van der Waals surface area contributed by atoms with Crippen LogP contribution in [0.25, 0.3) is 22.2 Å². The second-order valence-electron chi connectivity index (χ2n) is 7.84. The Hall–Kier alpha value is -3.06. The Morgan fingerprint density at radius 1 is 1.30 bits per heavy atom. The van der Waals surface area contributed by atoms with Crippen LogP contribution in [0, 0.1) is 12.8 Å². The van der Waals surface area contributed by atoms with Crippen molar-refractivity contribution in [3.05, 3.63) is 53.8 Å². The molecule has 0 aliphatic heterocycles. The molecule has 3 aromatic heterocycles. The number of anilines is 1. The minimum atomic E-state index is -0.258. The number of aromatic amines is 1. The van der Waals surface area contributed by atoms with Gasteiger partial charge in [-0.2, -0.15) is 0 Å². The largest absolute Gasteiger partial charge is 0.497 e. The summed E-state index contributed by atoms with van der Waals surface area (Å²) >= 11 is 1.44. The van der Waals surface area contributed by atoms with Crippen LogP contribution in [0.4, 0.5) is 5.13 Å². The molecule has 3 heterocycles. The first-order chi connectivity index (χ1) is 14.5. The van der Waals surface area contributed by atoms with Crippen molar-refractivity contribution in [2.45, 2.75) is 33.2 Å². The minimum Gasteiger partial charge on any atom is -0.497 e. The number of aromatic nitrogens is 3. The quantitative estimate of drug-likeness (QED) is 0.405. The maximum atomic E-state index is 13.0. The molecule has 0 unspecified atom stereocenters. The molecule has 0 aliphatic rings. The van der Waals surface area contributed by atoms with Gasteiger partial charge in [-0.1, -0.05) is 13.8 Å². The van der Waals surface area contributed by atoms with Crippen molar-refractivity contribution in [3.8, 4) is 17.0 Å². The molecule has 156 valence electrons. The molecule has 7 heteroatoms. The van der Waals surface area contributed by atoms with Gasteiger partial charge in [0.15, 0.2) is 5.13 Å². The highest BCUT2D eigenvalue weighted by Crippen LogP contribution is 2.36. The zero-order chi connectivity index (χ0) is 21.3. The molecule has 1 aromatic carbocycles. The molecule has 1 atom stereocenters. The van der Waals surface area contributed by atoms with Gasteiger partial charge < -0.3 is 19.6 Å². The number of nitrogens with zero attached hydrogens (tertiary/aromatic N) is 2. The Kier molecular flexibility index (Phi) is 5.63. The van der Waals surface area contributed by atoms with Crippen LogP contribution < -0.4 is 10.1 Å². The van der Waals surface area contributed by atoms with E-state index in [9.17, 15) is 4.79 Å². The summed E-state index contributed by atoms with van der Waals surface area (Å²) in [5, 5.41) is 6.66. The Labute approximate surface area is 179 Å². The van der Waals surface area contributed by atoms with E-state index >= 15 is 0 Å². The molecule has 4 aromatic rings. The van der Waals surface area contributed by atoms with E-state index in [1.807, 2.05) is 59.6 Å². The SMILES string of the molecule is COc1ccc2[nH]c(C)c(-c3csc(NC(=O)[C@@H](CC(C)C)n4cccc4)n3)c2c1. The van der Waals surface area contributed by atoms with Crippen molar-refractivity contribution < 1.29 is 9.53 Å². The van der Waals surface area contributed by atoms with Crippen molar-refractivity contribution in [2.24, 2.45) is 5.92 Å². The van der Waals surface area contributed by atoms with E-state index in [4.69, 9.17) is 9.72 Å². The Morgan fingerprint density at radius 3 is 2.77 bits per heavy atom. The lowest BCUT2D eigenvalue weighted by Crippen LogP contribution is -2.26. The fourth-order valence-electron chi connectivity index (χ4n) is 3.76. The molecule has 6 nitrogen and oxygen atoms in total. The predicted octanol–water partition coefficient (Wildman–Crippen LogP) is 5.64. The van der Waals surface area contributed by atoms with E-state index in [2.05, 4.69) is 24.1 Å². The summed E-state index contributed by atoms with van der Waals surface area (Å²) in [6.07, 6.45) is 4.63. The number of H-pyrrole nitrogens is 1. The molecular formula is C23H26N4O2S. The van der Waals surface area contributed by atoms with Crippen LogP contribution in [0.2, 0.25) is 0 Å². The highest BCUT2D eigenvalue weighted by atomic mass is 32.1. The van der Waals surface area contributed by atoms with E-state index in [0.29, 0.717) is 11.0 Å². The number of hydrogen-bond donors (Lipinski definition) is 2. The van der Waals surface area contributed by atoms with Crippen molar-refractivity contribution in [1.29, 1.82) is 0 Å². The minimum absolute atomic E-state index is 0.0434. The number of carbonyl (C=O) groups is 1. The number of amides is 1. The number of ether oxygens (including phenoxy) is 1. The molecular weight excluding hydrogens is 396 g/mol. The Balaban J connectivity index is 1.61. The van der Waals surface area contributed by atoms with Gasteiger partial charge in [-0.3, -0.25) is 4.79 Å². The zero-order valence-corrected chi connectivity index (χ0v) is 18.4. The summed E-state index contributed by atoms with van der Waals surface area (Å²) in [6, 6.07) is 9.58. The van der Waals surface area contributed by atoms with Crippen LogP contribution in [0.3, 0.4) is 0 Å². The third-order valence-electron chi connectivity index (χ3n) is 5.17. The van der Waals surface area contributed by atoms with Gasteiger partial charge in [-0.15, -0.1) is 11.3 Å². The molecule has 1 amide bonds. The van der Waals surface area contributed by atoms with Crippen LogP contribution in [0.5, 0.6) is 5.75 Å². The smallest absolute Gasteiger partial charge is 0.249 e. The first kappa shape index (κ1) is 20.2. The molecule has 0 aliphatic carbocycles. The predicted molar refractivity (Wildman–Crippen MR) is 122 cm³/mol. The van der Waals surface area contributed by atoms with Gasteiger partial charge in [-0.25, -0.2) is 4.98 Å². The zero-order valence-electron chi connectivity index (χ0n) is 17.6. The Bertz CT molecular complexity index is 1160. The number of methoxy groups -OCH3 is 1. The third kappa shape index (κ3) is 3.98. The first-order valence-electron chi connectivity index (χ1n) is 10.0. The number of aryl methyl sites for hydroxylation is 1. The molecule has 0 fully saturated rings. The summed E-state index contributed by atoms with van der Waals surface area (Å²) in [6.45, 7) is 6.28. The summed E-state index contributed by atoms with van der Waals surface area (Å²) in [4.78, 5) is 21.1. The highest BCUT2D eigenvalue weighted by molar-refractivity contribution is 7.14. The fourth-order valence-corrected chi connectivity index (χ4v) is 4.47. The van der Waals surface area contributed by atoms with Crippen molar-refractivity contribution in [3.63, 3.8) is 0 Å². The summed E-state index contributed by atoms with van der Waals surface area (Å²) < 4.78 is 7.34. The molecule has 30 heavy (non-hydrogen) atoms. The van der Waals surface area contributed by atoms with Crippen LogP contribution in [0.15, 0.2) is 48.1 Å². The second kappa shape index (κ2) is 8.36. The number of rotatable bonds is 7. The molecule has 4 rings (SSSR count). The standard InChI is InChI=1S/C23H26N4O2S/c1-14(2)11-20(27-9-5-6-10-27)22(28)26-23-25-19(13-30-23)21-15(3)24-18-8-7-16(29-4)12-17(18)21/h5-10,12-14,20,24H,11H2,1-4H3,(H,25,26,28)/t20-/m1/s1. The van der Waals surface area contributed by atoms with Crippen molar-refractivity contribution in [1.82, 2.24) is 14.5 Å². The van der Waals surface area contributed by atoms with Crippen LogP contribution >= 0.6 is 11.3 Å². The average Bonchev–Trinajstić information content (AvgIpc) is 3.44. The van der Waals surface area contributed by atoms with Crippen LogP contribution in [-0.4, -0.2) is 27.6 Å². The molecule has 0 saturated heterocycles. The van der Waals surface area contributed by atoms with E-state index in [1.54, 1.807) is 7.11 Å². The van der Waals surface area contributed by atoms with Gasteiger partial charge in [0.1, 0.15) is 11.8 Å². The highest BCUT2D eigenvalue weighted by Gasteiger charge is 2.22. The van der Waals surface area contributed by atoms with Gasteiger partial charge in [0.2, 0.25) is 5.91 Å². The van der Waals surface area contributed by atoms with Gasteiger partial charge in [0.25, 0.3) is 0 Å². The van der Waals surface area contributed by atoms with E-state index in [0.717, 1.165) is 40.0 Å². The van der Waals surface area contributed by atoms with Crippen molar-refractivity contribution in [2.75, 3.05) is 12.4 Å². The van der Waals surface area contributed by atoms with Gasteiger partial charge >= 0.3 is 0 Å². The van der Waals surface area contributed by atoms with E-state index < -0.39 is 0 Å². The monoisotopic (exact) mass is 422 g/mol. The van der Waals surface area contributed by atoms with Crippen LogP contribution in [-0.2, 0) is 4.79 Å². The normalized spacial score (nSPS) is 12.4. The van der Waals surface area contributed by atoms with Crippen molar-refractivity contribution >= 4 is 33.3 Å². The topological polar surface area (TPSA) is 71.9 Å². The van der Waals surface area contributed by atoms with Gasteiger partial charge in [0, 0.05) is 39.9 Å². The van der Waals surface area contributed by atoms with Gasteiger partial charge in [-0.05, 0) is 49.6 Å². The second-order valence-corrected chi connectivity index (χ2v) is 8.70. The number of benzene rings is 1. The molecule has 2 N–H and O–H groups in total. The van der Waals surface area contributed by atoms with Gasteiger partial charge in [0.05, 0.1) is 12.8 Å². The lowest BCUT2D eigenvalue weighted by molar-refractivity contribution is -0.119. The summed E-state index contributed by atoms with van der Waals surface area (Å²) in [7, 11) is 1.66. The number of hydrogen-bond acceptors (Lipinski definition) is 4. The van der Waals surface area contributed by atoms with Crippen LogP contribution in [0.1, 0.15) is 32.0 Å². The third-order valence-corrected chi connectivity index (χ3v) is 5.93.